The maximum atomic E-state index is 6.12. The summed E-state index contributed by atoms with van der Waals surface area (Å²) in [6, 6.07) is 10.6. The lowest BCUT2D eigenvalue weighted by molar-refractivity contribution is 0.687. The second-order valence-electron chi connectivity index (χ2n) is 5.38. The summed E-state index contributed by atoms with van der Waals surface area (Å²) in [4.78, 5) is 0. The highest BCUT2D eigenvalue weighted by Crippen LogP contribution is 2.26. The largest absolute Gasteiger partial charge is 0.331 e. The number of hydrogen-bond acceptors (Lipinski definition) is 2. The van der Waals surface area contributed by atoms with Crippen molar-refractivity contribution in [3.63, 3.8) is 0 Å². The molecule has 0 unspecified atom stereocenters. The lowest BCUT2D eigenvalue weighted by atomic mass is 10.2. The van der Waals surface area contributed by atoms with E-state index in [4.69, 9.17) is 58.6 Å². The molecule has 3 aromatic rings. The van der Waals surface area contributed by atoms with Gasteiger partial charge in [-0.1, -0.05) is 52.5 Å². The molecule has 0 aliphatic carbocycles. The standard InChI is InChI=1S/C17H12Cl4N4S/c18-11-2-4-14(20)16(6-11)24-17(26)23-12-7-22-25(9-12)8-10-1-3-13(19)15(21)5-10/h1-7,9H,8H2,(H2,23,24,26). The number of benzene rings is 2. The van der Waals surface area contributed by atoms with Gasteiger partial charge >= 0.3 is 0 Å². The van der Waals surface area contributed by atoms with Crippen LogP contribution in [0.25, 0.3) is 0 Å². The zero-order valence-electron chi connectivity index (χ0n) is 13.1. The van der Waals surface area contributed by atoms with Gasteiger partial charge < -0.3 is 10.6 Å². The van der Waals surface area contributed by atoms with E-state index in [9.17, 15) is 0 Å². The van der Waals surface area contributed by atoms with Gasteiger partial charge in [-0.2, -0.15) is 5.10 Å². The van der Waals surface area contributed by atoms with Crippen LogP contribution in [-0.2, 0) is 6.54 Å². The molecular weight excluding hydrogens is 434 g/mol. The quantitative estimate of drug-likeness (QED) is 0.458. The summed E-state index contributed by atoms with van der Waals surface area (Å²) < 4.78 is 1.76. The van der Waals surface area contributed by atoms with Crippen molar-refractivity contribution in [3.8, 4) is 0 Å². The fourth-order valence-electron chi connectivity index (χ4n) is 2.22. The molecule has 3 rings (SSSR count). The minimum absolute atomic E-state index is 0.378. The first kappa shape index (κ1) is 19.3. The number of nitrogens with one attached hydrogen (secondary N) is 2. The molecule has 0 saturated carbocycles. The normalized spacial score (nSPS) is 10.6. The van der Waals surface area contributed by atoms with Crippen LogP contribution < -0.4 is 10.6 Å². The number of rotatable bonds is 4. The minimum Gasteiger partial charge on any atom is -0.331 e. The monoisotopic (exact) mass is 444 g/mol. The van der Waals surface area contributed by atoms with Crippen LogP contribution in [0.5, 0.6) is 0 Å². The highest BCUT2D eigenvalue weighted by molar-refractivity contribution is 7.80. The van der Waals surface area contributed by atoms with Gasteiger partial charge in [0.2, 0.25) is 0 Å². The maximum absolute atomic E-state index is 6.12. The van der Waals surface area contributed by atoms with E-state index in [1.54, 1.807) is 35.1 Å². The Kier molecular flexibility index (Phi) is 6.27. The third-order valence-electron chi connectivity index (χ3n) is 3.40. The van der Waals surface area contributed by atoms with Crippen LogP contribution in [0, 0.1) is 0 Å². The van der Waals surface area contributed by atoms with Gasteiger partial charge in [0.05, 0.1) is 39.2 Å². The fourth-order valence-corrected chi connectivity index (χ4v) is 3.10. The molecule has 0 aliphatic rings. The molecule has 0 bridgehead atoms. The number of hydrogen-bond donors (Lipinski definition) is 2. The maximum Gasteiger partial charge on any atom is 0.175 e. The smallest absolute Gasteiger partial charge is 0.175 e. The lowest BCUT2D eigenvalue weighted by Gasteiger charge is -2.10. The highest BCUT2D eigenvalue weighted by Gasteiger charge is 2.07. The molecule has 0 amide bonds. The fraction of sp³-hybridized carbons (Fsp3) is 0.0588. The first-order chi connectivity index (χ1) is 12.4. The molecule has 0 aliphatic heterocycles. The van der Waals surface area contributed by atoms with Crippen molar-refractivity contribution in [3.05, 3.63) is 74.4 Å². The molecule has 9 heteroatoms. The molecule has 26 heavy (non-hydrogen) atoms. The van der Waals surface area contributed by atoms with Gasteiger partial charge in [-0.25, -0.2) is 0 Å². The van der Waals surface area contributed by atoms with Crippen molar-refractivity contribution >= 4 is 75.1 Å². The molecule has 0 spiro atoms. The summed E-state index contributed by atoms with van der Waals surface area (Å²) in [5.41, 5.74) is 2.35. The minimum atomic E-state index is 0.378. The van der Waals surface area contributed by atoms with Crippen LogP contribution in [0.3, 0.4) is 0 Å². The van der Waals surface area contributed by atoms with Crippen molar-refractivity contribution in [1.82, 2.24) is 9.78 Å². The molecule has 0 saturated heterocycles. The van der Waals surface area contributed by atoms with Crippen LogP contribution in [0.1, 0.15) is 5.56 Å². The molecule has 134 valence electrons. The molecule has 0 radical (unpaired) electrons. The summed E-state index contributed by atoms with van der Waals surface area (Å²) in [7, 11) is 0. The van der Waals surface area contributed by atoms with Crippen molar-refractivity contribution in [2.45, 2.75) is 6.54 Å². The Hall–Kier alpha value is -1.50. The molecule has 1 heterocycles. The van der Waals surface area contributed by atoms with E-state index < -0.39 is 0 Å². The van der Waals surface area contributed by atoms with Gasteiger partial charge in [0.15, 0.2) is 5.11 Å². The number of halogens is 4. The van der Waals surface area contributed by atoms with Crippen molar-refractivity contribution in [1.29, 1.82) is 0 Å². The molecule has 2 N–H and O–H groups in total. The van der Waals surface area contributed by atoms with E-state index in [-0.39, 0.29) is 0 Å². The zero-order chi connectivity index (χ0) is 18.7. The lowest BCUT2D eigenvalue weighted by Crippen LogP contribution is -2.19. The molecule has 1 aromatic heterocycles. The number of aromatic nitrogens is 2. The average Bonchev–Trinajstić information content (AvgIpc) is 3.01. The van der Waals surface area contributed by atoms with Crippen LogP contribution in [0.2, 0.25) is 20.1 Å². The van der Waals surface area contributed by atoms with Gasteiger partial charge in [0.25, 0.3) is 0 Å². The van der Waals surface area contributed by atoms with Crippen molar-refractivity contribution in [2.75, 3.05) is 10.6 Å². The predicted octanol–water partition coefficient (Wildman–Crippen LogP) is 6.35. The second-order valence-corrected chi connectivity index (χ2v) is 7.44. The summed E-state index contributed by atoms with van der Waals surface area (Å²) in [6.07, 6.45) is 3.50. The number of thiocarbonyl (C=S) groups is 1. The van der Waals surface area contributed by atoms with E-state index >= 15 is 0 Å². The zero-order valence-corrected chi connectivity index (χ0v) is 17.0. The topological polar surface area (TPSA) is 41.9 Å². The Balaban J connectivity index is 1.63. The Morgan fingerprint density at radius 1 is 0.962 bits per heavy atom. The van der Waals surface area contributed by atoms with E-state index in [0.29, 0.717) is 37.4 Å². The summed E-state index contributed by atoms with van der Waals surface area (Å²) in [6.45, 7) is 0.554. The Morgan fingerprint density at radius 2 is 1.73 bits per heavy atom. The molecule has 2 aromatic carbocycles. The number of nitrogens with zero attached hydrogens (tertiary/aromatic N) is 2. The van der Waals surface area contributed by atoms with Gasteiger partial charge in [0.1, 0.15) is 0 Å². The van der Waals surface area contributed by atoms with Gasteiger partial charge in [0, 0.05) is 11.2 Å². The average molecular weight is 446 g/mol. The van der Waals surface area contributed by atoms with Crippen molar-refractivity contribution in [2.24, 2.45) is 0 Å². The first-order valence-corrected chi connectivity index (χ1v) is 9.32. The van der Waals surface area contributed by atoms with Crippen LogP contribution in [-0.4, -0.2) is 14.9 Å². The van der Waals surface area contributed by atoms with Gasteiger partial charge in [-0.05, 0) is 48.1 Å². The van der Waals surface area contributed by atoms with Crippen molar-refractivity contribution < 1.29 is 0 Å². The highest BCUT2D eigenvalue weighted by atomic mass is 35.5. The predicted molar refractivity (Wildman–Crippen MR) is 114 cm³/mol. The Labute approximate surface area is 176 Å². The SMILES string of the molecule is S=C(Nc1cnn(Cc2ccc(Cl)c(Cl)c2)c1)Nc1cc(Cl)ccc1Cl. The second kappa shape index (κ2) is 8.46. The first-order valence-electron chi connectivity index (χ1n) is 7.40. The molecule has 0 atom stereocenters. The summed E-state index contributed by atoms with van der Waals surface area (Å²) >= 11 is 29.3. The van der Waals surface area contributed by atoms with Crippen LogP contribution >= 0.6 is 58.6 Å². The molecule has 4 nitrogen and oxygen atoms in total. The summed E-state index contributed by atoms with van der Waals surface area (Å²) in [5, 5.41) is 12.9. The van der Waals surface area contributed by atoms with E-state index in [1.807, 2.05) is 18.3 Å². The summed E-state index contributed by atoms with van der Waals surface area (Å²) in [5.74, 6) is 0. The van der Waals surface area contributed by atoms with Crippen LogP contribution in [0.15, 0.2) is 48.8 Å². The Bertz CT molecular complexity index is 958. The van der Waals surface area contributed by atoms with E-state index in [1.165, 1.54) is 0 Å². The third kappa shape index (κ3) is 5.02. The van der Waals surface area contributed by atoms with Crippen LogP contribution in [0.4, 0.5) is 11.4 Å². The van der Waals surface area contributed by atoms with E-state index in [0.717, 1.165) is 11.3 Å². The van der Waals surface area contributed by atoms with Gasteiger partial charge in [-0.3, -0.25) is 4.68 Å². The third-order valence-corrected chi connectivity index (χ3v) is 4.90. The van der Waals surface area contributed by atoms with Gasteiger partial charge in [-0.15, -0.1) is 0 Å². The number of anilines is 2. The molecular formula is C17H12Cl4N4S. The Morgan fingerprint density at radius 3 is 2.50 bits per heavy atom. The van der Waals surface area contributed by atoms with E-state index in [2.05, 4.69) is 15.7 Å². The molecule has 0 fully saturated rings.